The number of aryl methyl sites for hydroxylation is 1. The average Bonchev–Trinajstić information content (AvgIpc) is 2.19. The van der Waals surface area contributed by atoms with Gasteiger partial charge in [-0.05, 0) is 38.3 Å². The molecule has 1 aliphatic rings. The van der Waals surface area contributed by atoms with E-state index in [0.29, 0.717) is 0 Å². The summed E-state index contributed by atoms with van der Waals surface area (Å²) in [5, 5.41) is 9.88. The summed E-state index contributed by atoms with van der Waals surface area (Å²) in [7, 11) is 0. The highest BCUT2D eigenvalue weighted by atomic mass is 16.3. The Balaban J connectivity index is 2.11. The van der Waals surface area contributed by atoms with Crippen LogP contribution in [0.2, 0.25) is 0 Å². The lowest BCUT2D eigenvalue weighted by Gasteiger charge is -2.37. The number of piperidine rings is 1. The van der Waals surface area contributed by atoms with Gasteiger partial charge in [-0.25, -0.2) is 0 Å². The van der Waals surface area contributed by atoms with Crippen molar-refractivity contribution in [3.05, 3.63) is 29.8 Å². The zero-order chi connectivity index (χ0) is 10.9. The molecule has 0 radical (unpaired) electrons. The number of hydrogen-bond acceptors (Lipinski definition) is 2. The van der Waals surface area contributed by atoms with Crippen molar-refractivity contribution in [1.29, 1.82) is 0 Å². The Labute approximate surface area is 91.5 Å². The average molecular weight is 205 g/mol. The SMILES string of the molecule is Cc1ccccc1N1CCC(C)(O)CC1. The summed E-state index contributed by atoms with van der Waals surface area (Å²) < 4.78 is 0. The highest BCUT2D eigenvalue weighted by molar-refractivity contribution is 5.53. The molecule has 0 amide bonds. The van der Waals surface area contributed by atoms with Crippen molar-refractivity contribution in [3.63, 3.8) is 0 Å². The van der Waals surface area contributed by atoms with Crippen LogP contribution in [-0.4, -0.2) is 23.8 Å². The molecule has 0 aliphatic carbocycles. The van der Waals surface area contributed by atoms with Crippen molar-refractivity contribution in [2.24, 2.45) is 0 Å². The van der Waals surface area contributed by atoms with E-state index in [0.717, 1.165) is 25.9 Å². The Kier molecular flexibility index (Phi) is 2.70. The first-order valence-electron chi connectivity index (χ1n) is 5.61. The lowest BCUT2D eigenvalue weighted by molar-refractivity contribution is 0.0351. The van der Waals surface area contributed by atoms with E-state index in [1.54, 1.807) is 0 Å². The molecule has 1 N–H and O–H groups in total. The lowest BCUT2D eigenvalue weighted by Crippen LogP contribution is -2.42. The van der Waals surface area contributed by atoms with Gasteiger partial charge in [0.05, 0.1) is 5.60 Å². The van der Waals surface area contributed by atoms with E-state index in [9.17, 15) is 5.11 Å². The van der Waals surface area contributed by atoms with Crippen molar-refractivity contribution in [2.45, 2.75) is 32.3 Å². The van der Waals surface area contributed by atoms with Crippen LogP contribution in [-0.2, 0) is 0 Å². The molecule has 1 aliphatic heterocycles. The second-order valence-electron chi connectivity index (χ2n) is 4.77. The maximum Gasteiger partial charge on any atom is 0.0653 e. The van der Waals surface area contributed by atoms with Crippen molar-refractivity contribution in [3.8, 4) is 0 Å². The summed E-state index contributed by atoms with van der Waals surface area (Å²) in [5.41, 5.74) is 2.17. The third-order valence-electron chi connectivity index (χ3n) is 3.30. The lowest BCUT2D eigenvalue weighted by atomic mass is 9.93. The number of benzene rings is 1. The van der Waals surface area contributed by atoms with E-state index in [1.807, 2.05) is 6.92 Å². The maximum absolute atomic E-state index is 9.88. The maximum atomic E-state index is 9.88. The van der Waals surface area contributed by atoms with Crippen LogP contribution in [0.5, 0.6) is 0 Å². The van der Waals surface area contributed by atoms with Gasteiger partial charge in [0, 0.05) is 18.8 Å². The molecule has 0 unspecified atom stereocenters. The molecule has 15 heavy (non-hydrogen) atoms. The predicted octanol–water partition coefficient (Wildman–Crippen LogP) is 2.35. The molecule has 82 valence electrons. The molecule has 0 bridgehead atoms. The van der Waals surface area contributed by atoms with Gasteiger partial charge >= 0.3 is 0 Å². The van der Waals surface area contributed by atoms with E-state index in [2.05, 4.69) is 36.1 Å². The highest BCUT2D eigenvalue weighted by Gasteiger charge is 2.27. The van der Waals surface area contributed by atoms with Crippen LogP contribution < -0.4 is 4.90 Å². The van der Waals surface area contributed by atoms with E-state index in [-0.39, 0.29) is 0 Å². The summed E-state index contributed by atoms with van der Waals surface area (Å²) in [6.45, 7) is 5.99. The number of hydrogen-bond donors (Lipinski definition) is 1. The Morgan fingerprint density at radius 3 is 2.40 bits per heavy atom. The van der Waals surface area contributed by atoms with E-state index < -0.39 is 5.60 Å². The van der Waals surface area contributed by atoms with Crippen molar-refractivity contribution >= 4 is 5.69 Å². The minimum Gasteiger partial charge on any atom is -0.390 e. The summed E-state index contributed by atoms with van der Waals surface area (Å²) in [6.07, 6.45) is 1.72. The molecular formula is C13H19NO. The quantitative estimate of drug-likeness (QED) is 0.760. The topological polar surface area (TPSA) is 23.5 Å². The second-order valence-corrected chi connectivity index (χ2v) is 4.77. The molecule has 2 nitrogen and oxygen atoms in total. The smallest absolute Gasteiger partial charge is 0.0653 e. The van der Waals surface area contributed by atoms with Gasteiger partial charge in [0.15, 0.2) is 0 Å². The largest absolute Gasteiger partial charge is 0.390 e. The molecule has 1 aromatic carbocycles. The van der Waals surface area contributed by atoms with Gasteiger partial charge in [-0.2, -0.15) is 0 Å². The Morgan fingerprint density at radius 1 is 1.20 bits per heavy atom. The van der Waals surface area contributed by atoms with Gasteiger partial charge in [-0.3, -0.25) is 0 Å². The number of anilines is 1. The van der Waals surface area contributed by atoms with E-state index in [4.69, 9.17) is 0 Å². The van der Waals surface area contributed by atoms with Crippen LogP contribution in [0.15, 0.2) is 24.3 Å². The minimum absolute atomic E-state index is 0.459. The first-order valence-corrected chi connectivity index (χ1v) is 5.61. The third-order valence-corrected chi connectivity index (χ3v) is 3.30. The van der Waals surface area contributed by atoms with E-state index in [1.165, 1.54) is 11.3 Å². The molecule has 1 fully saturated rings. The van der Waals surface area contributed by atoms with Gasteiger partial charge in [0.1, 0.15) is 0 Å². The summed E-state index contributed by atoms with van der Waals surface area (Å²) in [5.74, 6) is 0. The first kappa shape index (κ1) is 10.5. The number of nitrogens with zero attached hydrogens (tertiary/aromatic N) is 1. The number of para-hydroxylation sites is 1. The Hall–Kier alpha value is -1.02. The summed E-state index contributed by atoms with van der Waals surface area (Å²) in [4.78, 5) is 2.37. The number of rotatable bonds is 1. The molecule has 0 atom stereocenters. The fourth-order valence-corrected chi connectivity index (χ4v) is 2.15. The summed E-state index contributed by atoms with van der Waals surface area (Å²) in [6, 6.07) is 8.45. The molecule has 0 spiro atoms. The van der Waals surface area contributed by atoms with Crippen LogP contribution in [0.25, 0.3) is 0 Å². The second kappa shape index (κ2) is 3.86. The molecule has 1 aromatic rings. The molecule has 1 saturated heterocycles. The van der Waals surface area contributed by atoms with Crippen LogP contribution in [0.1, 0.15) is 25.3 Å². The van der Waals surface area contributed by atoms with Crippen LogP contribution in [0.3, 0.4) is 0 Å². The molecule has 0 aromatic heterocycles. The van der Waals surface area contributed by atoms with Gasteiger partial charge in [0.2, 0.25) is 0 Å². The van der Waals surface area contributed by atoms with Crippen LogP contribution in [0, 0.1) is 6.92 Å². The Bertz CT molecular complexity index is 336. The monoisotopic (exact) mass is 205 g/mol. The standard InChI is InChI=1S/C13H19NO/c1-11-5-3-4-6-12(11)14-9-7-13(2,15)8-10-14/h3-6,15H,7-10H2,1-2H3. The highest BCUT2D eigenvalue weighted by Crippen LogP contribution is 2.27. The van der Waals surface area contributed by atoms with E-state index >= 15 is 0 Å². The summed E-state index contributed by atoms with van der Waals surface area (Å²) >= 11 is 0. The molecule has 0 saturated carbocycles. The number of aliphatic hydroxyl groups is 1. The Morgan fingerprint density at radius 2 is 1.80 bits per heavy atom. The third kappa shape index (κ3) is 2.32. The van der Waals surface area contributed by atoms with Crippen molar-refractivity contribution in [2.75, 3.05) is 18.0 Å². The van der Waals surface area contributed by atoms with Crippen LogP contribution >= 0.6 is 0 Å². The van der Waals surface area contributed by atoms with Gasteiger partial charge in [-0.1, -0.05) is 18.2 Å². The molecule has 1 heterocycles. The minimum atomic E-state index is -0.459. The van der Waals surface area contributed by atoms with Gasteiger partial charge in [0.25, 0.3) is 0 Å². The zero-order valence-corrected chi connectivity index (χ0v) is 9.53. The molecule has 2 heteroatoms. The fourth-order valence-electron chi connectivity index (χ4n) is 2.15. The zero-order valence-electron chi connectivity index (χ0n) is 9.53. The van der Waals surface area contributed by atoms with Gasteiger partial charge < -0.3 is 10.0 Å². The first-order chi connectivity index (χ1) is 7.08. The van der Waals surface area contributed by atoms with Gasteiger partial charge in [-0.15, -0.1) is 0 Å². The predicted molar refractivity (Wildman–Crippen MR) is 63.2 cm³/mol. The van der Waals surface area contributed by atoms with Crippen molar-refractivity contribution < 1.29 is 5.11 Å². The normalized spacial score (nSPS) is 20.3. The van der Waals surface area contributed by atoms with Crippen molar-refractivity contribution in [1.82, 2.24) is 0 Å². The fraction of sp³-hybridized carbons (Fsp3) is 0.538. The molecule has 2 rings (SSSR count). The van der Waals surface area contributed by atoms with Crippen LogP contribution in [0.4, 0.5) is 5.69 Å². The molecular weight excluding hydrogens is 186 g/mol.